The molecule has 0 bridgehead atoms. The highest BCUT2D eigenvalue weighted by Crippen LogP contribution is 2.34. The molecular weight excluding hydrogens is 734 g/mol. The number of aromatic nitrogens is 2. The third-order valence-electron chi connectivity index (χ3n) is 10.8. The summed E-state index contributed by atoms with van der Waals surface area (Å²) in [5.41, 5.74) is 2.73. The number of alkyl halides is 3. The predicted octanol–water partition coefficient (Wildman–Crippen LogP) is 6.39. The fourth-order valence-corrected chi connectivity index (χ4v) is 7.17. The van der Waals surface area contributed by atoms with Crippen LogP contribution in [0.3, 0.4) is 0 Å². The highest BCUT2D eigenvalue weighted by atomic mass is 19.4. The quantitative estimate of drug-likeness (QED) is 0.0609. The smallest absolute Gasteiger partial charge is 0.376 e. The summed E-state index contributed by atoms with van der Waals surface area (Å²) in [6.07, 6.45) is 7.98. The third kappa shape index (κ3) is 12.6. The molecule has 0 radical (unpaired) electrons. The Balaban J connectivity index is 0.00000129. The minimum absolute atomic E-state index is 0.0671. The summed E-state index contributed by atoms with van der Waals surface area (Å²) in [6.45, 7) is 12.3. The van der Waals surface area contributed by atoms with Gasteiger partial charge in [0.25, 0.3) is 0 Å². The fraction of sp³-hybridized carbons (Fsp3) is 0.512. The van der Waals surface area contributed by atoms with Gasteiger partial charge in [-0.2, -0.15) is 18.3 Å². The zero-order chi connectivity index (χ0) is 40.0. The first-order valence-corrected chi connectivity index (χ1v) is 20.2. The van der Waals surface area contributed by atoms with Crippen LogP contribution in [0, 0.1) is 0 Å². The number of piperidine rings is 1. The van der Waals surface area contributed by atoms with E-state index in [-0.39, 0.29) is 11.6 Å². The molecule has 3 aliphatic rings. The number of fused-ring (bicyclic) bond motifs is 1. The highest BCUT2D eigenvalue weighted by Gasteiger charge is 2.35. The lowest BCUT2D eigenvalue weighted by Crippen LogP contribution is -2.42. The maximum absolute atomic E-state index is 14.4. The topological polar surface area (TPSA) is 91.3 Å². The summed E-state index contributed by atoms with van der Waals surface area (Å²) in [5.74, 6) is 0. The second-order valence-electron chi connectivity index (χ2n) is 15.2. The number of pyridine rings is 1. The van der Waals surface area contributed by atoms with Crippen molar-refractivity contribution in [2.75, 3.05) is 66.1 Å². The molecule has 2 saturated heterocycles. The van der Waals surface area contributed by atoms with Gasteiger partial charge >= 0.3 is 11.9 Å². The Hall–Kier alpha value is -4.34. The number of likely N-dealkylation sites (N-methyl/N-ethyl adjacent to an activating group) is 1. The minimum Gasteiger partial charge on any atom is -0.376 e. The molecule has 57 heavy (non-hydrogen) atoms. The largest absolute Gasteiger partial charge is 0.418 e. The van der Waals surface area contributed by atoms with Gasteiger partial charge in [0.2, 0.25) is 0 Å². The highest BCUT2D eigenvalue weighted by molar-refractivity contribution is 5.58. The zero-order valence-corrected chi connectivity index (χ0v) is 33.1. The summed E-state index contributed by atoms with van der Waals surface area (Å²) in [7, 11) is 1.85. The molecule has 2 aromatic carbocycles. The summed E-state index contributed by atoms with van der Waals surface area (Å²) in [5, 5.41) is 10.6. The number of imidazole rings is 1. The molecule has 2 aromatic heterocycles. The monoisotopic (exact) mass is 790 g/mol. The average Bonchev–Trinajstić information content (AvgIpc) is 3.52. The van der Waals surface area contributed by atoms with Crippen LogP contribution in [0.25, 0.3) is 11.2 Å². The number of benzene rings is 2. The first kappa shape index (κ1) is 42.3. The van der Waals surface area contributed by atoms with Crippen LogP contribution in [0.15, 0.2) is 82.0 Å². The SMILES string of the molecule is C1CCC1.C=N/N=C\N(C)CCc1cccc(-n2cc3c(C(F)(F)F)cc(CN4CCC(OCCOCc5ccc(CN6CCNCC6)cc5)CC4)cn3c2=O)c1. The molecule has 4 aromatic rings. The van der Waals surface area contributed by atoms with Crippen LogP contribution in [0.5, 0.6) is 0 Å². The van der Waals surface area contributed by atoms with E-state index in [2.05, 4.69) is 56.3 Å². The van der Waals surface area contributed by atoms with Crippen LogP contribution in [0.2, 0.25) is 0 Å². The van der Waals surface area contributed by atoms with Crippen LogP contribution in [-0.4, -0.2) is 109 Å². The van der Waals surface area contributed by atoms with Gasteiger partial charge < -0.3 is 19.7 Å². The summed E-state index contributed by atoms with van der Waals surface area (Å²) in [6, 6.07) is 17.0. The minimum atomic E-state index is -4.63. The van der Waals surface area contributed by atoms with Gasteiger partial charge in [-0.15, -0.1) is 5.10 Å². The molecule has 308 valence electrons. The predicted molar refractivity (Wildman–Crippen MR) is 219 cm³/mol. The van der Waals surface area contributed by atoms with Crippen LogP contribution in [0.4, 0.5) is 13.2 Å². The van der Waals surface area contributed by atoms with E-state index < -0.39 is 17.4 Å². The maximum Gasteiger partial charge on any atom is 0.418 e. The number of piperazine rings is 1. The van der Waals surface area contributed by atoms with Crippen molar-refractivity contribution in [3.05, 3.63) is 105 Å². The first-order chi connectivity index (χ1) is 27.7. The molecule has 11 nitrogen and oxygen atoms in total. The molecule has 1 N–H and O–H groups in total. The van der Waals surface area contributed by atoms with Crippen molar-refractivity contribution in [2.45, 2.75) is 76.9 Å². The Morgan fingerprint density at radius 1 is 0.877 bits per heavy atom. The molecule has 0 unspecified atom stereocenters. The van der Waals surface area contributed by atoms with E-state index in [4.69, 9.17) is 9.47 Å². The van der Waals surface area contributed by atoms with Crippen molar-refractivity contribution in [3.63, 3.8) is 0 Å². The van der Waals surface area contributed by atoms with Gasteiger partial charge in [0, 0.05) is 85.1 Å². The number of rotatable bonds is 16. The van der Waals surface area contributed by atoms with E-state index in [1.165, 1.54) is 54.3 Å². The number of hydrogen-bond acceptors (Lipinski definition) is 8. The van der Waals surface area contributed by atoms with Gasteiger partial charge in [0.1, 0.15) is 6.34 Å². The van der Waals surface area contributed by atoms with Crippen LogP contribution in [-0.2, 0) is 41.8 Å². The molecule has 1 saturated carbocycles. The second-order valence-corrected chi connectivity index (χ2v) is 15.2. The fourth-order valence-electron chi connectivity index (χ4n) is 7.17. The van der Waals surface area contributed by atoms with Crippen molar-refractivity contribution in [2.24, 2.45) is 10.2 Å². The van der Waals surface area contributed by atoms with Gasteiger partial charge in [-0.25, -0.2) is 4.79 Å². The van der Waals surface area contributed by atoms with E-state index in [0.717, 1.165) is 61.1 Å². The van der Waals surface area contributed by atoms with E-state index in [1.807, 2.05) is 24.1 Å². The van der Waals surface area contributed by atoms with E-state index in [9.17, 15) is 18.0 Å². The van der Waals surface area contributed by atoms with Crippen molar-refractivity contribution < 1.29 is 22.6 Å². The summed E-state index contributed by atoms with van der Waals surface area (Å²) >= 11 is 0. The molecule has 14 heteroatoms. The number of halogens is 3. The van der Waals surface area contributed by atoms with Gasteiger partial charge in [0.15, 0.2) is 0 Å². The van der Waals surface area contributed by atoms with E-state index in [0.29, 0.717) is 63.7 Å². The van der Waals surface area contributed by atoms with Crippen molar-refractivity contribution >= 4 is 18.6 Å². The maximum atomic E-state index is 14.4. The molecule has 3 fully saturated rings. The Morgan fingerprint density at radius 3 is 2.25 bits per heavy atom. The third-order valence-corrected chi connectivity index (χ3v) is 10.8. The lowest BCUT2D eigenvalue weighted by molar-refractivity contribution is -0.136. The van der Waals surface area contributed by atoms with Crippen LogP contribution < -0.4 is 11.0 Å². The zero-order valence-electron chi connectivity index (χ0n) is 33.1. The first-order valence-electron chi connectivity index (χ1n) is 20.2. The van der Waals surface area contributed by atoms with E-state index in [1.54, 1.807) is 18.5 Å². The lowest BCUT2D eigenvalue weighted by atomic mass is 10.0. The molecule has 0 atom stereocenters. The van der Waals surface area contributed by atoms with Crippen LogP contribution in [0.1, 0.15) is 66.3 Å². The van der Waals surface area contributed by atoms with Gasteiger partial charge in [-0.1, -0.05) is 62.1 Å². The Kier molecular flexibility index (Phi) is 15.5. The number of likely N-dealkylation sites (tertiary alicyclic amines) is 1. The molecule has 4 heterocycles. The van der Waals surface area contributed by atoms with Gasteiger partial charge in [0.05, 0.1) is 42.7 Å². The second kappa shape index (κ2) is 20.9. The van der Waals surface area contributed by atoms with Gasteiger partial charge in [-0.05, 0) is 59.7 Å². The Labute approximate surface area is 333 Å². The van der Waals surface area contributed by atoms with Crippen LogP contribution >= 0.6 is 0 Å². The Morgan fingerprint density at radius 2 is 1.56 bits per heavy atom. The number of nitrogens with one attached hydrogen (secondary N) is 1. The molecule has 1 aliphatic carbocycles. The van der Waals surface area contributed by atoms with Crippen molar-refractivity contribution in [1.82, 2.24) is 29.0 Å². The Bertz CT molecular complexity index is 1940. The average molecular weight is 791 g/mol. The van der Waals surface area contributed by atoms with Gasteiger partial charge in [-0.3, -0.25) is 18.8 Å². The number of hydrogen-bond donors (Lipinski definition) is 1. The number of nitrogens with zero attached hydrogens (tertiary/aromatic N) is 7. The molecule has 0 spiro atoms. The number of ether oxygens (including phenoxy) is 2. The van der Waals surface area contributed by atoms with Crippen molar-refractivity contribution in [3.8, 4) is 5.69 Å². The molecule has 2 aliphatic heterocycles. The summed E-state index contributed by atoms with van der Waals surface area (Å²) < 4.78 is 57.5. The molecule has 0 amide bonds. The molecular formula is C43H57F3N8O3. The van der Waals surface area contributed by atoms with E-state index >= 15 is 0 Å². The lowest BCUT2D eigenvalue weighted by Gasteiger charge is -2.32. The standard InChI is InChI=1S/C39H49F3N8O3.C4H8/c1-43-45-29-46(2)15-10-30-4-3-5-34(22-30)49-27-37-36(39(40,41)42)23-33(26-50(37)38(49)51)25-47-16-11-35(12-17-47)53-21-20-52-28-32-8-6-31(7-9-32)24-48-18-13-44-14-19-48;1-2-4-3-1/h3-9,22-23,26-27,29,35,44H,1,10-21,24-25,28H2,2H3;1-4H2/b45-29-;. The normalized spacial score (nSPS) is 17.1. The molecule has 7 rings (SSSR count). The summed E-state index contributed by atoms with van der Waals surface area (Å²) in [4.78, 5) is 20.0. The van der Waals surface area contributed by atoms with Crippen molar-refractivity contribution in [1.29, 1.82) is 0 Å².